The highest BCUT2D eigenvalue weighted by Crippen LogP contribution is 2.48. The van der Waals surface area contributed by atoms with Crippen molar-refractivity contribution in [1.29, 1.82) is 0 Å². The van der Waals surface area contributed by atoms with Crippen molar-refractivity contribution in [1.82, 2.24) is 0 Å². The van der Waals surface area contributed by atoms with Crippen LogP contribution in [0.2, 0.25) is 43.9 Å². The number of carbonyl (C=O) groups is 1. The standard InChI is InChI=1S/C18H32O2Si2/c1-6-18(11-21(2,3)13-22(4,5)12-18)20-17(19)16-10-14-7-8-15(16)9-14/h7-8,14-16H,6,9-13H2,1-5H3. The molecule has 1 aliphatic heterocycles. The van der Waals surface area contributed by atoms with Gasteiger partial charge >= 0.3 is 5.97 Å². The first kappa shape index (κ1) is 16.5. The van der Waals surface area contributed by atoms with Crippen LogP contribution in [0.4, 0.5) is 0 Å². The van der Waals surface area contributed by atoms with Crippen LogP contribution in [0.25, 0.3) is 0 Å². The molecule has 2 aliphatic carbocycles. The summed E-state index contributed by atoms with van der Waals surface area (Å²) in [5.74, 6) is 1.37. The van der Waals surface area contributed by atoms with Crippen LogP contribution in [0, 0.1) is 17.8 Å². The van der Waals surface area contributed by atoms with Gasteiger partial charge in [-0.3, -0.25) is 4.79 Å². The molecule has 3 atom stereocenters. The highest BCUT2D eigenvalue weighted by molar-refractivity contribution is 6.96. The molecule has 3 rings (SSSR count). The molecule has 124 valence electrons. The minimum Gasteiger partial charge on any atom is -0.459 e. The molecule has 2 nitrogen and oxygen atoms in total. The van der Waals surface area contributed by atoms with Gasteiger partial charge in [-0.25, -0.2) is 0 Å². The summed E-state index contributed by atoms with van der Waals surface area (Å²) in [6.45, 7) is 12.2. The van der Waals surface area contributed by atoms with Crippen LogP contribution < -0.4 is 0 Å². The largest absolute Gasteiger partial charge is 0.459 e. The Morgan fingerprint density at radius 1 is 1.14 bits per heavy atom. The normalized spacial score (nSPS) is 37.2. The third-order valence-corrected chi connectivity index (χ3v) is 17.0. The smallest absolute Gasteiger partial charge is 0.310 e. The SMILES string of the molecule is CCC1(OC(=O)C2CC3C=CC2C3)C[Si](C)(C)C[Si](C)(C)C1. The average Bonchev–Trinajstić information content (AvgIpc) is 2.96. The van der Waals surface area contributed by atoms with Gasteiger partial charge in [-0.15, -0.1) is 0 Å². The lowest BCUT2D eigenvalue weighted by Gasteiger charge is -2.49. The summed E-state index contributed by atoms with van der Waals surface area (Å²) in [5.41, 5.74) is 1.35. The van der Waals surface area contributed by atoms with Crippen molar-refractivity contribution in [3.8, 4) is 0 Å². The Kier molecular flexibility index (Phi) is 4.00. The Balaban J connectivity index is 1.76. The highest BCUT2D eigenvalue weighted by atomic mass is 28.4. The van der Waals surface area contributed by atoms with Gasteiger partial charge in [-0.05, 0) is 43.2 Å². The molecule has 1 saturated carbocycles. The lowest BCUT2D eigenvalue weighted by molar-refractivity contribution is -0.163. The number of ether oxygens (including phenoxy) is 1. The van der Waals surface area contributed by atoms with Crippen molar-refractivity contribution in [2.75, 3.05) is 0 Å². The fraction of sp³-hybridized carbons (Fsp3) is 0.833. The summed E-state index contributed by atoms with van der Waals surface area (Å²) in [6.07, 6.45) is 7.77. The van der Waals surface area contributed by atoms with Crippen LogP contribution in [-0.2, 0) is 9.53 Å². The summed E-state index contributed by atoms with van der Waals surface area (Å²) in [4.78, 5) is 12.9. The maximum atomic E-state index is 12.9. The van der Waals surface area contributed by atoms with E-state index in [9.17, 15) is 4.79 Å². The first-order valence-corrected chi connectivity index (χ1v) is 15.9. The summed E-state index contributed by atoms with van der Waals surface area (Å²) in [7, 11) is -2.47. The zero-order valence-corrected chi connectivity index (χ0v) is 16.9. The highest BCUT2D eigenvalue weighted by Gasteiger charge is 2.52. The average molecular weight is 337 g/mol. The molecule has 2 bridgehead atoms. The lowest BCUT2D eigenvalue weighted by atomic mass is 9.93. The molecule has 3 aliphatic rings. The van der Waals surface area contributed by atoms with E-state index in [4.69, 9.17) is 4.74 Å². The maximum absolute atomic E-state index is 12.9. The Morgan fingerprint density at radius 3 is 2.23 bits per heavy atom. The fourth-order valence-electron chi connectivity index (χ4n) is 5.96. The summed E-state index contributed by atoms with van der Waals surface area (Å²) >= 11 is 0. The Bertz CT molecular complexity index is 479. The van der Waals surface area contributed by atoms with Crippen LogP contribution >= 0.6 is 0 Å². The van der Waals surface area contributed by atoms with Gasteiger partial charge in [0.05, 0.1) is 5.92 Å². The molecule has 22 heavy (non-hydrogen) atoms. The number of esters is 1. The molecule has 0 aromatic carbocycles. The van der Waals surface area contributed by atoms with E-state index < -0.39 is 16.1 Å². The van der Waals surface area contributed by atoms with Crippen LogP contribution in [0.15, 0.2) is 12.2 Å². The molecular weight excluding hydrogens is 304 g/mol. The van der Waals surface area contributed by atoms with Crippen LogP contribution in [0.5, 0.6) is 0 Å². The van der Waals surface area contributed by atoms with Crippen LogP contribution in [0.3, 0.4) is 0 Å². The predicted molar refractivity (Wildman–Crippen MR) is 97.3 cm³/mol. The molecular formula is C18H32O2Si2. The number of fused-ring (bicyclic) bond motifs is 2. The van der Waals surface area contributed by atoms with Gasteiger partial charge in [0, 0.05) is 16.1 Å². The lowest BCUT2D eigenvalue weighted by Crippen LogP contribution is -2.57. The van der Waals surface area contributed by atoms with Gasteiger partial charge in [0.15, 0.2) is 0 Å². The second kappa shape index (κ2) is 5.33. The molecule has 0 spiro atoms. The van der Waals surface area contributed by atoms with E-state index in [2.05, 4.69) is 45.3 Å². The Morgan fingerprint density at radius 2 is 1.77 bits per heavy atom. The predicted octanol–water partition coefficient (Wildman–Crippen LogP) is 4.86. The van der Waals surface area contributed by atoms with E-state index >= 15 is 0 Å². The third-order valence-electron chi connectivity index (χ3n) is 6.10. The number of rotatable bonds is 3. The van der Waals surface area contributed by atoms with Crippen molar-refractivity contribution in [3.63, 3.8) is 0 Å². The number of hydrogen-bond donors (Lipinski definition) is 0. The number of carbonyl (C=O) groups excluding carboxylic acids is 1. The molecule has 1 saturated heterocycles. The zero-order chi connectivity index (χ0) is 16.2. The van der Waals surface area contributed by atoms with E-state index in [1.165, 1.54) is 24.2 Å². The molecule has 3 unspecified atom stereocenters. The monoisotopic (exact) mass is 336 g/mol. The van der Waals surface area contributed by atoms with Crippen LogP contribution in [-0.4, -0.2) is 27.7 Å². The molecule has 0 radical (unpaired) electrons. The zero-order valence-electron chi connectivity index (χ0n) is 14.9. The van der Waals surface area contributed by atoms with Crippen molar-refractivity contribution in [3.05, 3.63) is 12.2 Å². The number of hydrogen-bond acceptors (Lipinski definition) is 2. The minimum absolute atomic E-state index is 0.121. The molecule has 0 amide bonds. The van der Waals surface area contributed by atoms with E-state index in [1.54, 1.807) is 0 Å². The molecule has 1 heterocycles. The number of allylic oxidation sites excluding steroid dienone is 2. The summed E-state index contributed by atoms with van der Waals surface area (Å²) < 4.78 is 6.33. The van der Waals surface area contributed by atoms with Gasteiger partial charge in [0.2, 0.25) is 0 Å². The van der Waals surface area contributed by atoms with Gasteiger partial charge in [-0.1, -0.05) is 50.9 Å². The summed E-state index contributed by atoms with van der Waals surface area (Å²) in [6, 6.07) is 2.35. The molecule has 4 heteroatoms. The van der Waals surface area contributed by atoms with Crippen molar-refractivity contribution >= 4 is 22.1 Å². The van der Waals surface area contributed by atoms with E-state index in [0.29, 0.717) is 11.8 Å². The fourth-order valence-corrected chi connectivity index (χ4v) is 22.0. The van der Waals surface area contributed by atoms with E-state index in [1.807, 2.05) is 0 Å². The quantitative estimate of drug-likeness (QED) is 0.418. The van der Waals surface area contributed by atoms with Gasteiger partial charge < -0.3 is 4.74 Å². The van der Waals surface area contributed by atoms with Crippen molar-refractivity contribution in [2.24, 2.45) is 17.8 Å². The first-order chi connectivity index (χ1) is 10.1. The minimum atomic E-state index is -1.23. The molecule has 0 N–H and O–H groups in total. The topological polar surface area (TPSA) is 26.3 Å². The van der Waals surface area contributed by atoms with Gasteiger partial charge in [0.25, 0.3) is 0 Å². The van der Waals surface area contributed by atoms with E-state index in [-0.39, 0.29) is 17.5 Å². The second-order valence-electron chi connectivity index (χ2n) is 9.70. The Labute approximate surface area is 137 Å². The third kappa shape index (κ3) is 3.14. The van der Waals surface area contributed by atoms with Crippen LogP contribution in [0.1, 0.15) is 26.2 Å². The Hall–Kier alpha value is -0.356. The molecule has 0 aromatic rings. The molecule has 2 fully saturated rings. The van der Waals surface area contributed by atoms with Gasteiger partial charge in [-0.2, -0.15) is 0 Å². The molecule has 0 aromatic heterocycles. The summed E-state index contributed by atoms with van der Waals surface area (Å²) in [5, 5.41) is 0. The first-order valence-electron chi connectivity index (χ1n) is 9.05. The maximum Gasteiger partial charge on any atom is 0.310 e. The van der Waals surface area contributed by atoms with E-state index in [0.717, 1.165) is 12.8 Å². The second-order valence-corrected chi connectivity index (χ2v) is 20.5. The van der Waals surface area contributed by atoms with Gasteiger partial charge in [0.1, 0.15) is 5.60 Å². The van der Waals surface area contributed by atoms with Crippen molar-refractivity contribution in [2.45, 2.75) is 75.7 Å². The van der Waals surface area contributed by atoms with Crippen molar-refractivity contribution < 1.29 is 9.53 Å².